The van der Waals surface area contributed by atoms with Gasteiger partial charge in [-0.3, -0.25) is 4.84 Å². The average Bonchev–Trinajstić information content (AvgIpc) is 2.91. The Labute approximate surface area is 136 Å². The summed E-state index contributed by atoms with van der Waals surface area (Å²) in [5.74, 6) is 4.68. The van der Waals surface area contributed by atoms with Crippen molar-refractivity contribution in [2.45, 2.75) is 43.2 Å². The highest BCUT2D eigenvalue weighted by molar-refractivity contribution is 7.90. The maximum atomic E-state index is 11.7. The first kappa shape index (κ1) is 18.0. The molecule has 2 rings (SSSR count). The second-order valence-corrected chi connectivity index (χ2v) is 7.92. The van der Waals surface area contributed by atoms with Crippen LogP contribution in [0.1, 0.15) is 37.9 Å². The van der Waals surface area contributed by atoms with E-state index in [1.54, 1.807) is 0 Å². The lowest BCUT2D eigenvalue weighted by molar-refractivity contribution is 0.0274. The summed E-state index contributed by atoms with van der Waals surface area (Å²) in [4.78, 5) is 7.08. The van der Waals surface area contributed by atoms with Gasteiger partial charge in [0.25, 0.3) is 0 Å². The summed E-state index contributed by atoms with van der Waals surface area (Å²) in [6, 6.07) is 2.52. The molecular weight excluding hydrogens is 320 g/mol. The van der Waals surface area contributed by atoms with Gasteiger partial charge in [0.15, 0.2) is 9.84 Å². The number of sulfone groups is 1. The van der Waals surface area contributed by atoms with E-state index in [4.69, 9.17) is 10.7 Å². The zero-order valence-corrected chi connectivity index (χ0v) is 14.2. The fourth-order valence-electron chi connectivity index (χ4n) is 3.21. The maximum absolute atomic E-state index is 11.7. The Morgan fingerprint density at radius 1 is 1.39 bits per heavy atom. The summed E-state index contributed by atoms with van der Waals surface area (Å²) in [5, 5.41) is 19.8. The van der Waals surface area contributed by atoms with Crippen LogP contribution < -0.4 is 5.90 Å². The van der Waals surface area contributed by atoms with E-state index in [-0.39, 0.29) is 22.3 Å². The van der Waals surface area contributed by atoms with Crippen LogP contribution in [0, 0.1) is 0 Å². The molecule has 8 heteroatoms. The Morgan fingerprint density at radius 3 is 2.65 bits per heavy atom. The molecular formula is C15H24N2O5S. The largest absolute Gasteiger partial charge is 0.507 e. The first-order valence-corrected chi connectivity index (χ1v) is 9.52. The molecule has 0 bridgehead atoms. The van der Waals surface area contributed by atoms with Crippen molar-refractivity contribution >= 4 is 9.84 Å². The summed E-state index contributed by atoms with van der Waals surface area (Å²) in [5.41, 5.74) is 0.272. The predicted octanol–water partition coefficient (Wildman–Crippen LogP) is 1.31. The average molecular weight is 344 g/mol. The standard InChI is InChI=1S/C15H24N2O5S/c1-3-17-6-4-5-10(17)7-14(22-16)11-8-15(23(2,20)21)13(19)9-12(11)18/h8-10,14,18-19H,3-7,16H2,1-2H3. The second kappa shape index (κ2) is 7.04. The van der Waals surface area contributed by atoms with Crippen LogP contribution in [0.15, 0.2) is 17.0 Å². The molecule has 2 atom stereocenters. The lowest BCUT2D eigenvalue weighted by Gasteiger charge is -2.27. The van der Waals surface area contributed by atoms with Crippen molar-refractivity contribution in [3.05, 3.63) is 17.7 Å². The van der Waals surface area contributed by atoms with Gasteiger partial charge in [-0.2, -0.15) is 0 Å². The zero-order chi connectivity index (χ0) is 17.2. The fourth-order valence-corrected chi connectivity index (χ4v) is 3.99. The molecule has 0 radical (unpaired) electrons. The molecule has 1 heterocycles. The Kier molecular flexibility index (Phi) is 5.51. The Hall–Kier alpha value is -1.35. The van der Waals surface area contributed by atoms with Crippen LogP contribution in [0.2, 0.25) is 0 Å². The van der Waals surface area contributed by atoms with Gasteiger partial charge < -0.3 is 15.1 Å². The minimum Gasteiger partial charge on any atom is -0.507 e. The third-order valence-electron chi connectivity index (χ3n) is 4.41. The number of nitrogens with zero attached hydrogens (tertiary/aromatic N) is 1. The summed E-state index contributed by atoms with van der Waals surface area (Å²) >= 11 is 0. The molecule has 0 spiro atoms. The van der Waals surface area contributed by atoms with E-state index in [1.165, 1.54) is 6.07 Å². The van der Waals surface area contributed by atoms with Gasteiger partial charge in [-0.15, -0.1) is 0 Å². The highest BCUT2D eigenvalue weighted by atomic mass is 32.2. The molecule has 1 aliphatic heterocycles. The number of benzene rings is 1. The SMILES string of the molecule is CCN1CCCC1CC(ON)c1cc(S(C)(=O)=O)c(O)cc1O. The van der Waals surface area contributed by atoms with Crippen LogP contribution in [0.25, 0.3) is 0 Å². The van der Waals surface area contributed by atoms with Gasteiger partial charge in [-0.05, 0) is 38.4 Å². The van der Waals surface area contributed by atoms with Crippen LogP contribution in [0.4, 0.5) is 0 Å². The first-order valence-electron chi connectivity index (χ1n) is 7.63. The summed E-state index contributed by atoms with van der Waals surface area (Å²) in [6.07, 6.45) is 2.99. The Morgan fingerprint density at radius 2 is 2.09 bits per heavy atom. The molecule has 7 nitrogen and oxygen atoms in total. The van der Waals surface area contributed by atoms with E-state index in [1.807, 2.05) is 0 Å². The number of rotatable bonds is 6. The molecule has 1 aromatic carbocycles. The van der Waals surface area contributed by atoms with E-state index in [9.17, 15) is 18.6 Å². The minimum atomic E-state index is -3.63. The quantitative estimate of drug-likeness (QED) is 0.667. The number of phenolic OH excluding ortho intramolecular Hbond substituents is 2. The minimum absolute atomic E-state index is 0.230. The summed E-state index contributed by atoms with van der Waals surface area (Å²) < 4.78 is 23.5. The number of phenols is 2. The van der Waals surface area contributed by atoms with E-state index in [2.05, 4.69) is 11.8 Å². The van der Waals surface area contributed by atoms with Crippen LogP contribution >= 0.6 is 0 Å². The first-order chi connectivity index (χ1) is 10.8. The third-order valence-corrected chi connectivity index (χ3v) is 5.54. The predicted molar refractivity (Wildman–Crippen MR) is 85.8 cm³/mol. The van der Waals surface area contributed by atoms with Crippen molar-refractivity contribution in [1.82, 2.24) is 4.90 Å². The van der Waals surface area contributed by atoms with Crippen LogP contribution in [-0.2, 0) is 14.7 Å². The zero-order valence-electron chi connectivity index (χ0n) is 13.4. The third kappa shape index (κ3) is 3.95. The number of hydrogen-bond donors (Lipinski definition) is 3. The smallest absolute Gasteiger partial charge is 0.179 e. The van der Waals surface area contributed by atoms with Crippen molar-refractivity contribution in [2.24, 2.45) is 5.90 Å². The number of aromatic hydroxyl groups is 2. The van der Waals surface area contributed by atoms with Crippen molar-refractivity contribution in [3.8, 4) is 11.5 Å². The summed E-state index contributed by atoms with van der Waals surface area (Å²) in [7, 11) is -3.63. The monoisotopic (exact) mass is 344 g/mol. The van der Waals surface area contributed by atoms with E-state index >= 15 is 0 Å². The highest BCUT2D eigenvalue weighted by Gasteiger charge is 2.29. The molecule has 2 unspecified atom stereocenters. The Balaban J connectivity index is 2.34. The molecule has 1 aliphatic rings. The number of nitrogens with two attached hydrogens (primary N) is 1. The van der Waals surface area contributed by atoms with Gasteiger partial charge >= 0.3 is 0 Å². The molecule has 1 saturated heterocycles. The lowest BCUT2D eigenvalue weighted by Crippen LogP contribution is -2.31. The number of likely N-dealkylation sites (tertiary alicyclic amines) is 1. The van der Waals surface area contributed by atoms with Gasteiger partial charge in [-0.1, -0.05) is 6.92 Å². The second-order valence-electron chi connectivity index (χ2n) is 5.94. The summed E-state index contributed by atoms with van der Waals surface area (Å²) in [6.45, 7) is 4.00. The van der Waals surface area contributed by atoms with Crippen molar-refractivity contribution in [2.75, 3.05) is 19.3 Å². The van der Waals surface area contributed by atoms with Gasteiger partial charge in [0, 0.05) is 23.9 Å². The van der Waals surface area contributed by atoms with Gasteiger partial charge in [-0.25, -0.2) is 14.3 Å². The maximum Gasteiger partial charge on any atom is 0.179 e. The highest BCUT2D eigenvalue weighted by Crippen LogP contribution is 2.38. The van der Waals surface area contributed by atoms with E-state index in [0.717, 1.165) is 38.3 Å². The molecule has 4 N–H and O–H groups in total. The Bertz CT molecular complexity index is 662. The fraction of sp³-hybridized carbons (Fsp3) is 0.600. The topological polar surface area (TPSA) is 113 Å². The van der Waals surface area contributed by atoms with Crippen LogP contribution in [0.3, 0.4) is 0 Å². The molecule has 0 aromatic heterocycles. The van der Waals surface area contributed by atoms with Gasteiger partial charge in [0.05, 0.1) is 0 Å². The molecule has 1 fully saturated rings. The lowest BCUT2D eigenvalue weighted by atomic mass is 9.99. The van der Waals surface area contributed by atoms with E-state index in [0.29, 0.717) is 6.42 Å². The van der Waals surface area contributed by atoms with Crippen LogP contribution in [0.5, 0.6) is 11.5 Å². The molecule has 0 amide bonds. The van der Waals surface area contributed by atoms with Crippen molar-refractivity contribution in [1.29, 1.82) is 0 Å². The molecule has 23 heavy (non-hydrogen) atoms. The van der Waals surface area contributed by atoms with Gasteiger partial charge in [0.1, 0.15) is 22.5 Å². The van der Waals surface area contributed by atoms with Gasteiger partial charge in [0.2, 0.25) is 0 Å². The van der Waals surface area contributed by atoms with Crippen LogP contribution in [-0.4, -0.2) is 48.9 Å². The van der Waals surface area contributed by atoms with Crippen molar-refractivity contribution < 1.29 is 23.5 Å². The molecule has 0 saturated carbocycles. The molecule has 1 aromatic rings. The number of hydrogen-bond acceptors (Lipinski definition) is 7. The normalized spacial score (nSPS) is 20.7. The van der Waals surface area contributed by atoms with Crippen molar-refractivity contribution in [3.63, 3.8) is 0 Å². The molecule has 0 aliphatic carbocycles. The molecule has 130 valence electrons. The van der Waals surface area contributed by atoms with E-state index < -0.39 is 21.7 Å².